The highest BCUT2D eigenvalue weighted by Crippen LogP contribution is 2.21. The summed E-state index contributed by atoms with van der Waals surface area (Å²) < 4.78 is 39.4. The molecule has 0 saturated heterocycles. The van der Waals surface area contributed by atoms with Crippen LogP contribution in [0.15, 0.2) is 45.8 Å². The molecular weight excluding hydrogens is 435 g/mol. The number of carbonyl (C=O) groups is 1. The molecule has 5 nitrogen and oxygen atoms in total. The van der Waals surface area contributed by atoms with Crippen LogP contribution in [0.5, 0.6) is 0 Å². The van der Waals surface area contributed by atoms with Gasteiger partial charge in [-0.05, 0) is 65.3 Å². The Morgan fingerprint density at radius 2 is 1.96 bits per heavy atom. The first-order chi connectivity index (χ1) is 11.7. The van der Waals surface area contributed by atoms with Gasteiger partial charge in [0.05, 0.1) is 20.0 Å². The molecule has 0 atom stereocenters. The summed E-state index contributed by atoms with van der Waals surface area (Å²) in [5.41, 5.74) is 0.907. The predicted octanol–water partition coefficient (Wildman–Crippen LogP) is 3.12. The molecule has 2 rings (SSSR count). The first kappa shape index (κ1) is 19.8. The van der Waals surface area contributed by atoms with E-state index in [1.807, 2.05) is 0 Å². The fraction of sp³-hybridized carbons (Fsp3) is 0.188. The Kier molecular flexibility index (Phi) is 6.56. The van der Waals surface area contributed by atoms with Gasteiger partial charge in [0.1, 0.15) is 5.82 Å². The largest absolute Gasteiger partial charge is 0.352 e. The number of rotatable bonds is 6. The van der Waals surface area contributed by atoms with Gasteiger partial charge in [0.25, 0.3) is 5.91 Å². The SMILES string of the molecule is CNS(=O)(=O)c1ccc(Cl)c(C(=O)NCCc2ccc(F)c(Br)c2)c1. The number of halogens is 3. The van der Waals surface area contributed by atoms with E-state index in [1.54, 1.807) is 12.1 Å². The molecule has 9 heteroatoms. The third-order valence-electron chi connectivity index (χ3n) is 3.44. The molecule has 2 aromatic carbocycles. The number of hydrogen-bond acceptors (Lipinski definition) is 3. The molecule has 0 bridgehead atoms. The number of benzene rings is 2. The van der Waals surface area contributed by atoms with E-state index in [4.69, 9.17) is 11.6 Å². The summed E-state index contributed by atoms with van der Waals surface area (Å²) in [5, 5.41) is 2.82. The summed E-state index contributed by atoms with van der Waals surface area (Å²) in [4.78, 5) is 12.2. The Labute approximate surface area is 158 Å². The zero-order chi connectivity index (χ0) is 18.6. The molecule has 134 valence electrons. The second kappa shape index (κ2) is 8.27. The van der Waals surface area contributed by atoms with E-state index >= 15 is 0 Å². The monoisotopic (exact) mass is 448 g/mol. The summed E-state index contributed by atoms with van der Waals surface area (Å²) in [5.74, 6) is -0.846. The Bertz CT molecular complexity index is 906. The lowest BCUT2D eigenvalue weighted by Gasteiger charge is -2.09. The molecule has 0 spiro atoms. The molecule has 25 heavy (non-hydrogen) atoms. The summed E-state index contributed by atoms with van der Waals surface area (Å²) in [6, 6.07) is 8.49. The second-order valence-electron chi connectivity index (χ2n) is 5.10. The van der Waals surface area contributed by atoms with E-state index in [-0.39, 0.29) is 27.8 Å². The van der Waals surface area contributed by atoms with Crippen molar-refractivity contribution in [1.29, 1.82) is 0 Å². The average Bonchev–Trinajstić information content (AvgIpc) is 2.58. The minimum absolute atomic E-state index is 0.0491. The van der Waals surface area contributed by atoms with Crippen molar-refractivity contribution in [2.75, 3.05) is 13.6 Å². The Morgan fingerprint density at radius 1 is 1.24 bits per heavy atom. The maximum Gasteiger partial charge on any atom is 0.252 e. The smallest absolute Gasteiger partial charge is 0.252 e. The van der Waals surface area contributed by atoms with Crippen LogP contribution in [0.25, 0.3) is 0 Å². The van der Waals surface area contributed by atoms with Gasteiger partial charge in [-0.3, -0.25) is 4.79 Å². The van der Waals surface area contributed by atoms with Gasteiger partial charge in [0.15, 0.2) is 0 Å². The lowest BCUT2D eigenvalue weighted by atomic mass is 10.1. The van der Waals surface area contributed by atoms with Gasteiger partial charge >= 0.3 is 0 Å². The standard InChI is InChI=1S/C16H15BrClFN2O3S/c1-20-25(23,24)11-3-4-14(18)12(9-11)16(22)21-7-6-10-2-5-15(19)13(17)8-10/h2-5,8-9,20H,6-7H2,1H3,(H,21,22). The van der Waals surface area contributed by atoms with Crippen molar-refractivity contribution < 1.29 is 17.6 Å². The number of hydrogen-bond donors (Lipinski definition) is 2. The van der Waals surface area contributed by atoms with E-state index < -0.39 is 15.9 Å². The fourth-order valence-electron chi connectivity index (χ4n) is 2.07. The van der Waals surface area contributed by atoms with Crippen molar-refractivity contribution in [1.82, 2.24) is 10.0 Å². The van der Waals surface area contributed by atoms with Gasteiger partial charge < -0.3 is 5.32 Å². The highest BCUT2D eigenvalue weighted by atomic mass is 79.9. The van der Waals surface area contributed by atoms with Crippen LogP contribution < -0.4 is 10.0 Å². The number of nitrogens with one attached hydrogen (secondary N) is 2. The van der Waals surface area contributed by atoms with E-state index in [0.29, 0.717) is 10.9 Å². The quantitative estimate of drug-likeness (QED) is 0.711. The molecule has 0 aromatic heterocycles. The number of carbonyl (C=O) groups excluding carboxylic acids is 1. The highest BCUT2D eigenvalue weighted by Gasteiger charge is 2.17. The molecule has 0 aliphatic heterocycles. The maximum atomic E-state index is 13.2. The van der Waals surface area contributed by atoms with Gasteiger partial charge in [0, 0.05) is 6.54 Å². The van der Waals surface area contributed by atoms with Gasteiger partial charge in [-0.15, -0.1) is 0 Å². The topological polar surface area (TPSA) is 75.3 Å². The molecule has 0 radical (unpaired) electrons. The van der Waals surface area contributed by atoms with Gasteiger partial charge in [-0.25, -0.2) is 17.5 Å². The molecule has 0 aliphatic carbocycles. The lowest BCUT2D eigenvalue weighted by molar-refractivity contribution is 0.0954. The van der Waals surface area contributed by atoms with Gasteiger partial charge in [0.2, 0.25) is 10.0 Å². The van der Waals surface area contributed by atoms with Crippen molar-refractivity contribution in [2.24, 2.45) is 0 Å². The van der Waals surface area contributed by atoms with Crippen LogP contribution >= 0.6 is 27.5 Å². The average molecular weight is 450 g/mol. The zero-order valence-corrected chi connectivity index (χ0v) is 16.3. The van der Waals surface area contributed by atoms with Crippen LogP contribution in [-0.4, -0.2) is 27.9 Å². The summed E-state index contributed by atoms with van der Waals surface area (Å²) in [6.07, 6.45) is 0.483. The molecule has 0 aliphatic rings. The molecule has 2 N–H and O–H groups in total. The van der Waals surface area contributed by atoms with E-state index in [2.05, 4.69) is 26.0 Å². The normalized spacial score (nSPS) is 11.4. The Hall–Kier alpha value is -1.48. The van der Waals surface area contributed by atoms with Crippen LogP contribution in [0.2, 0.25) is 5.02 Å². The minimum Gasteiger partial charge on any atom is -0.352 e. The second-order valence-corrected chi connectivity index (χ2v) is 8.25. The van der Waals surface area contributed by atoms with Crippen molar-refractivity contribution in [3.05, 3.63) is 62.8 Å². The first-order valence-corrected chi connectivity index (χ1v) is 9.85. The maximum absolute atomic E-state index is 13.2. The van der Waals surface area contributed by atoms with E-state index in [0.717, 1.165) is 5.56 Å². The van der Waals surface area contributed by atoms with Crippen LogP contribution in [0.4, 0.5) is 4.39 Å². The van der Waals surface area contributed by atoms with E-state index in [9.17, 15) is 17.6 Å². The molecule has 0 heterocycles. The van der Waals surface area contributed by atoms with Crippen molar-refractivity contribution in [3.63, 3.8) is 0 Å². The molecule has 1 amide bonds. The predicted molar refractivity (Wildman–Crippen MR) is 97.8 cm³/mol. The van der Waals surface area contributed by atoms with Gasteiger partial charge in [-0.2, -0.15) is 0 Å². The van der Waals surface area contributed by atoms with Crippen molar-refractivity contribution in [3.8, 4) is 0 Å². The first-order valence-electron chi connectivity index (χ1n) is 7.20. The van der Waals surface area contributed by atoms with Crippen molar-refractivity contribution in [2.45, 2.75) is 11.3 Å². The highest BCUT2D eigenvalue weighted by molar-refractivity contribution is 9.10. The third kappa shape index (κ3) is 5.01. The number of sulfonamides is 1. The molecule has 2 aromatic rings. The minimum atomic E-state index is -3.67. The summed E-state index contributed by atoms with van der Waals surface area (Å²) >= 11 is 9.10. The summed E-state index contributed by atoms with van der Waals surface area (Å²) in [6.45, 7) is 0.288. The molecular formula is C16H15BrClFN2O3S. The number of amides is 1. The fourth-order valence-corrected chi connectivity index (χ4v) is 3.46. The molecule has 0 fully saturated rings. The van der Waals surface area contributed by atoms with Crippen LogP contribution in [-0.2, 0) is 16.4 Å². The molecule has 0 unspecified atom stereocenters. The lowest BCUT2D eigenvalue weighted by Crippen LogP contribution is -2.26. The van der Waals surface area contributed by atoms with Crippen molar-refractivity contribution >= 4 is 43.5 Å². The van der Waals surface area contributed by atoms with Gasteiger partial charge in [-0.1, -0.05) is 17.7 Å². The van der Waals surface area contributed by atoms with E-state index in [1.165, 1.54) is 31.3 Å². The Morgan fingerprint density at radius 3 is 2.60 bits per heavy atom. The third-order valence-corrected chi connectivity index (χ3v) is 5.79. The molecule has 0 saturated carbocycles. The zero-order valence-electron chi connectivity index (χ0n) is 13.1. The Balaban J connectivity index is 2.08. The van der Waals surface area contributed by atoms with Crippen LogP contribution in [0.1, 0.15) is 15.9 Å². The van der Waals surface area contributed by atoms with Crippen LogP contribution in [0, 0.1) is 5.82 Å². The summed E-state index contributed by atoms with van der Waals surface area (Å²) in [7, 11) is -2.39. The van der Waals surface area contributed by atoms with Crippen LogP contribution in [0.3, 0.4) is 0 Å².